The van der Waals surface area contributed by atoms with Crippen molar-refractivity contribution in [3.05, 3.63) is 29.8 Å². The van der Waals surface area contributed by atoms with Crippen molar-refractivity contribution in [1.29, 1.82) is 0 Å². The molecule has 0 aliphatic heterocycles. The number of hydrazine groups is 1. The topological polar surface area (TPSA) is 50.9 Å². The highest BCUT2D eigenvalue weighted by Gasteiger charge is 2.41. The van der Waals surface area contributed by atoms with Gasteiger partial charge in [0.2, 0.25) is 0 Å². The Morgan fingerprint density at radius 1 is 1.50 bits per heavy atom. The fourth-order valence-electron chi connectivity index (χ4n) is 2.07. The number of hydrogen-bond acceptors (Lipinski definition) is 3. The van der Waals surface area contributed by atoms with Gasteiger partial charge in [0.05, 0.1) is 5.69 Å². The van der Waals surface area contributed by atoms with E-state index in [1.807, 2.05) is 13.8 Å². The molecule has 1 aliphatic carbocycles. The fourth-order valence-corrected chi connectivity index (χ4v) is 2.07. The van der Waals surface area contributed by atoms with E-state index in [1.165, 1.54) is 6.07 Å². The summed E-state index contributed by atoms with van der Waals surface area (Å²) in [4.78, 5) is 4.12. The summed E-state index contributed by atoms with van der Waals surface area (Å²) >= 11 is 0. The Bertz CT molecular complexity index is 324. The van der Waals surface area contributed by atoms with Gasteiger partial charge in [-0.05, 0) is 25.0 Å². The summed E-state index contributed by atoms with van der Waals surface area (Å²) in [5.74, 6) is 5.09. The number of nitrogens with zero attached hydrogens (tertiary/aromatic N) is 1. The molecule has 0 atom stereocenters. The molecule has 3 N–H and O–H groups in total. The second-order valence-corrected chi connectivity index (χ2v) is 3.85. The summed E-state index contributed by atoms with van der Waals surface area (Å²) in [6.45, 7) is 4.60. The van der Waals surface area contributed by atoms with Crippen LogP contribution in [0.25, 0.3) is 0 Å². The molecular weight excluding hydrogens is 205 g/mol. The van der Waals surface area contributed by atoms with Crippen molar-refractivity contribution in [2.24, 2.45) is 5.84 Å². The Morgan fingerprint density at radius 3 is 2.62 bits per heavy atom. The van der Waals surface area contributed by atoms with Gasteiger partial charge in [-0.3, -0.25) is 16.3 Å². The zero-order chi connectivity index (χ0) is 12.0. The van der Waals surface area contributed by atoms with Crippen LogP contribution in [0.3, 0.4) is 0 Å². The third kappa shape index (κ3) is 2.39. The maximum Gasteiger partial charge on any atom is 0.145 e. The second-order valence-electron chi connectivity index (χ2n) is 3.85. The van der Waals surface area contributed by atoms with E-state index in [0.717, 1.165) is 19.3 Å². The Kier molecular flexibility index (Phi) is 4.83. The van der Waals surface area contributed by atoms with Gasteiger partial charge in [-0.1, -0.05) is 20.3 Å². The lowest BCUT2D eigenvalue weighted by atomic mass is 9.66. The van der Waals surface area contributed by atoms with Crippen LogP contribution in [0.2, 0.25) is 0 Å². The van der Waals surface area contributed by atoms with Crippen LogP contribution in [0.4, 0.5) is 4.39 Å². The van der Waals surface area contributed by atoms with E-state index in [4.69, 9.17) is 5.84 Å². The zero-order valence-corrected chi connectivity index (χ0v) is 9.96. The van der Waals surface area contributed by atoms with Crippen LogP contribution in [0.1, 0.15) is 38.8 Å². The van der Waals surface area contributed by atoms with Crippen molar-refractivity contribution in [3.8, 4) is 0 Å². The molecule has 1 aromatic rings. The van der Waals surface area contributed by atoms with Crippen LogP contribution in [0.5, 0.6) is 0 Å². The molecule has 0 spiro atoms. The van der Waals surface area contributed by atoms with Crippen LogP contribution >= 0.6 is 0 Å². The molecule has 0 aromatic carbocycles. The van der Waals surface area contributed by atoms with Crippen LogP contribution < -0.4 is 11.3 Å². The van der Waals surface area contributed by atoms with Crippen molar-refractivity contribution >= 4 is 0 Å². The summed E-state index contributed by atoms with van der Waals surface area (Å²) < 4.78 is 13.5. The summed E-state index contributed by atoms with van der Waals surface area (Å²) in [6, 6.07) is 3.07. The lowest BCUT2D eigenvalue weighted by Crippen LogP contribution is -2.47. The monoisotopic (exact) mass is 225 g/mol. The molecule has 1 aliphatic rings. The average Bonchev–Trinajstić information content (AvgIpc) is 2.28. The van der Waals surface area contributed by atoms with Crippen LogP contribution in [0.15, 0.2) is 18.3 Å². The molecular formula is C12H20FN3. The van der Waals surface area contributed by atoms with Gasteiger partial charge in [0.1, 0.15) is 5.82 Å². The summed E-state index contributed by atoms with van der Waals surface area (Å²) in [5.41, 5.74) is 3.02. The molecule has 90 valence electrons. The first kappa shape index (κ1) is 13.1. The first-order valence-electron chi connectivity index (χ1n) is 5.83. The maximum absolute atomic E-state index is 13.5. The van der Waals surface area contributed by atoms with Crippen molar-refractivity contribution in [2.45, 2.75) is 38.5 Å². The number of aromatic nitrogens is 1. The van der Waals surface area contributed by atoms with Gasteiger partial charge in [-0.15, -0.1) is 0 Å². The minimum absolute atomic E-state index is 0.167. The van der Waals surface area contributed by atoms with Crippen molar-refractivity contribution in [2.75, 3.05) is 6.54 Å². The molecule has 4 heteroatoms. The van der Waals surface area contributed by atoms with E-state index < -0.39 is 0 Å². The third-order valence-corrected chi connectivity index (χ3v) is 3.01. The Morgan fingerprint density at radius 2 is 2.19 bits per heavy atom. The van der Waals surface area contributed by atoms with Crippen molar-refractivity contribution in [3.63, 3.8) is 0 Å². The van der Waals surface area contributed by atoms with Gasteiger partial charge in [-0.2, -0.15) is 0 Å². The summed E-state index contributed by atoms with van der Waals surface area (Å²) in [7, 11) is 0. The number of pyridine rings is 1. The molecule has 0 radical (unpaired) electrons. The quantitative estimate of drug-likeness (QED) is 0.612. The van der Waals surface area contributed by atoms with E-state index in [0.29, 0.717) is 12.2 Å². The third-order valence-electron chi connectivity index (χ3n) is 3.01. The smallest absolute Gasteiger partial charge is 0.145 e. The van der Waals surface area contributed by atoms with E-state index in [9.17, 15) is 4.39 Å². The Hall–Kier alpha value is -1.00. The molecule has 0 amide bonds. The van der Waals surface area contributed by atoms with Gasteiger partial charge in [0.25, 0.3) is 0 Å². The minimum Gasteiger partial charge on any atom is -0.271 e. The van der Waals surface area contributed by atoms with Gasteiger partial charge >= 0.3 is 0 Å². The van der Waals surface area contributed by atoms with E-state index in [-0.39, 0.29) is 11.2 Å². The number of nitrogens with one attached hydrogen (secondary N) is 1. The van der Waals surface area contributed by atoms with Crippen LogP contribution in [-0.4, -0.2) is 11.5 Å². The maximum atomic E-state index is 13.5. The summed E-state index contributed by atoms with van der Waals surface area (Å²) in [6.07, 6.45) is 4.68. The van der Waals surface area contributed by atoms with Crippen LogP contribution in [0, 0.1) is 5.82 Å². The highest BCUT2D eigenvalue weighted by molar-refractivity contribution is 5.23. The normalized spacial score (nSPS) is 17.0. The first-order valence-corrected chi connectivity index (χ1v) is 5.83. The molecule has 1 fully saturated rings. The molecule has 0 bridgehead atoms. The molecule has 1 saturated carbocycles. The van der Waals surface area contributed by atoms with E-state index >= 15 is 0 Å². The summed E-state index contributed by atoms with van der Waals surface area (Å²) in [5, 5.41) is 0. The Balaban J connectivity index is 0.000000606. The molecule has 0 unspecified atom stereocenters. The molecule has 16 heavy (non-hydrogen) atoms. The van der Waals surface area contributed by atoms with Gasteiger partial charge in [-0.25, -0.2) is 4.39 Å². The standard InChI is InChI=1S/C10H14FN3.C2H6/c11-8-3-1-6-13-9(8)10(7-14-12)4-2-5-10;1-2/h1,3,6,14H,2,4-5,7,12H2;1-2H3. The van der Waals surface area contributed by atoms with Gasteiger partial charge in [0.15, 0.2) is 0 Å². The Labute approximate surface area is 96.2 Å². The predicted molar refractivity (Wildman–Crippen MR) is 63.3 cm³/mol. The molecule has 3 nitrogen and oxygen atoms in total. The fraction of sp³-hybridized carbons (Fsp3) is 0.583. The molecule has 1 aromatic heterocycles. The van der Waals surface area contributed by atoms with E-state index in [2.05, 4.69) is 10.4 Å². The van der Waals surface area contributed by atoms with Gasteiger partial charge in [0, 0.05) is 18.2 Å². The SMILES string of the molecule is CC.NNCC1(c2ncccc2F)CCC1. The molecule has 1 heterocycles. The van der Waals surface area contributed by atoms with Crippen molar-refractivity contribution < 1.29 is 4.39 Å². The number of rotatable bonds is 3. The van der Waals surface area contributed by atoms with Crippen LogP contribution in [-0.2, 0) is 5.41 Å². The molecule has 2 rings (SSSR count). The lowest BCUT2D eigenvalue weighted by molar-refractivity contribution is 0.220. The largest absolute Gasteiger partial charge is 0.271 e. The number of nitrogens with two attached hydrogens (primary N) is 1. The second kappa shape index (κ2) is 5.92. The highest BCUT2D eigenvalue weighted by atomic mass is 19.1. The van der Waals surface area contributed by atoms with E-state index in [1.54, 1.807) is 12.3 Å². The first-order chi connectivity index (χ1) is 7.78. The lowest BCUT2D eigenvalue weighted by Gasteiger charge is -2.41. The molecule has 0 saturated heterocycles. The number of hydrogen-bond donors (Lipinski definition) is 2. The minimum atomic E-state index is -0.220. The van der Waals surface area contributed by atoms with Gasteiger partial charge < -0.3 is 0 Å². The number of halogens is 1. The van der Waals surface area contributed by atoms with Crippen molar-refractivity contribution in [1.82, 2.24) is 10.4 Å². The zero-order valence-electron chi connectivity index (χ0n) is 9.96. The highest BCUT2D eigenvalue weighted by Crippen LogP contribution is 2.42. The average molecular weight is 225 g/mol. The predicted octanol–water partition coefficient (Wildman–Crippen LogP) is 2.13.